The van der Waals surface area contributed by atoms with Crippen LogP contribution in [0.15, 0.2) is 42.0 Å². The third kappa shape index (κ3) is 4.52. The van der Waals surface area contributed by atoms with Gasteiger partial charge in [0.1, 0.15) is 6.61 Å². The van der Waals surface area contributed by atoms with Crippen LogP contribution in [-0.2, 0) is 16.1 Å². The molecule has 1 unspecified atom stereocenters. The molecule has 2 nitrogen and oxygen atoms in total. The first-order valence-corrected chi connectivity index (χ1v) is 7.69. The fraction of sp³-hybridized carbons (Fsp3) is 0.500. The van der Waals surface area contributed by atoms with Gasteiger partial charge in [0.25, 0.3) is 0 Å². The SMILES string of the molecule is CCCCCCC1=CC(C(=O)OCc2ccccc2)C1. The summed E-state index contributed by atoms with van der Waals surface area (Å²) in [5.41, 5.74) is 2.48. The van der Waals surface area contributed by atoms with E-state index in [0.29, 0.717) is 6.61 Å². The standard InChI is InChI=1S/C18H24O2/c1-2-3-4-6-11-16-12-17(13-16)18(19)20-14-15-9-7-5-8-10-15/h5,7-10,12,17H,2-4,6,11,13-14H2,1H3. The van der Waals surface area contributed by atoms with Gasteiger partial charge in [-0.3, -0.25) is 4.79 Å². The van der Waals surface area contributed by atoms with Crippen molar-refractivity contribution in [1.29, 1.82) is 0 Å². The van der Waals surface area contributed by atoms with Crippen LogP contribution in [0.2, 0.25) is 0 Å². The van der Waals surface area contributed by atoms with Gasteiger partial charge in [-0.15, -0.1) is 0 Å². The first-order valence-electron chi connectivity index (χ1n) is 7.69. The molecule has 0 fully saturated rings. The highest BCUT2D eigenvalue weighted by atomic mass is 16.5. The Bertz CT molecular complexity index is 448. The largest absolute Gasteiger partial charge is 0.460 e. The van der Waals surface area contributed by atoms with Crippen molar-refractivity contribution >= 4 is 5.97 Å². The third-order valence-electron chi connectivity index (χ3n) is 3.80. The van der Waals surface area contributed by atoms with E-state index in [0.717, 1.165) is 18.4 Å². The predicted octanol–water partition coefficient (Wildman–Crippen LogP) is 4.65. The monoisotopic (exact) mass is 272 g/mol. The molecule has 20 heavy (non-hydrogen) atoms. The van der Waals surface area contributed by atoms with E-state index in [1.807, 2.05) is 30.3 Å². The summed E-state index contributed by atoms with van der Waals surface area (Å²) in [6, 6.07) is 9.83. The molecule has 1 aromatic rings. The molecule has 0 saturated carbocycles. The highest BCUT2D eigenvalue weighted by molar-refractivity contribution is 5.76. The number of rotatable bonds is 8. The van der Waals surface area contributed by atoms with Gasteiger partial charge >= 0.3 is 5.97 Å². The quantitative estimate of drug-likeness (QED) is 0.391. The molecule has 1 aromatic carbocycles. The molecular formula is C18H24O2. The van der Waals surface area contributed by atoms with Crippen LogP contribution in [-0.4, -0.2) is 5.97 Å². The number of benzene rings is 1. The third-order valence-corrected chi connectivity index (χ3v) is 3.80. The summed E-state index contributed by atoms with van der Waals surface area (Å²) < 4.78 is 5.34. The summed E-state index contributed by atoms with van der Waals surface area (Å²) in [5.74, 6) is -0.0777. The van der Waals surface area contributed by atoms with Gasteiger partial charge in [-0.05, 0) is 24.8 Å². The average Bonchev–Trinajstić information content (AvgIpc) is 2.44. The molecule has 0 spiro atoms. The van der Waals surface area contributed by atoms with Gasteiger partial charge in [0.2, 0.25) is 0 Å². The molecule has 0 bridgehead atoms. The summed E-state index contributed by atoms with van der Waals surface area (Å²) in [6.07, 6.45) is 9.30. The highest BCUT2D eigenvalue weighted by Gasteiger charge is 2.26. The first kappa shape index (κ1) is 14.8. The predicted molar refractivity (Wildman–Crippen MR) is 81.2 cm³/mol. The second-order valence-electron chi connectivity index (χ2n) is 5.54. The van der Waals surface area contributed by atoms with Crippen LogP contribution in [0.4, 0.5) is 0 Å². The van der Waals surface area contributed by atoms with Gasteiger partial charge in [0.15, 0.2) is 0 Å². The molecule has 2 rings (SSSR count). The number of hydrogen-bond acceptors (Lipinski definition) is 2. The van der Waals surface area contributed by atoms with E-state index in [9.17, 15) is 4.79 Å². The lowest BCUT2D eigenvalue weighted by atomic mass is 9.83. The van der Waals surface area contributed by atoms with Crippen LogP contribution in [0.3, 0.4) is 0 Å². The van der Waals surface area contributed by atoms with Crippen molar-refractivity contribution in [2.24, 2.45) is 5.92 Å². The van der Waals surface area contributed by atoms with E-state index in [4.69, 9.17) is 4.74 Å². The molecular weight excluding hydrogens is 248 g/mol. The van der Waals surface area contributed by atoms with Gasteiger partial charge in [-0.25, -0.2) is 0 Å². The second-order valence-corrected chi connectivity index (χ2v) is 5.54. The average molecular weight is 272 g/mol. The van der Waals surface area contributed by atoms with E-state index < -0.39 is 0 Å². The highest BCUT2D eigenvalue weighted by Crippen LogP contribution is 2.31. The Hall–Kier alpha value is -1.57. The van der Waals surface area contributed by atoms with E-state index in [1.54, 1.807) is 0 Å². The lowest BCUT2D eigenvalue weighted by Crippen LogP contribution is -2.22. The summed E-state index contributed by atoms with van der Waals surface area (Å²) >= 11 is 0. The van der Waals surface area contributed by atoms with Crippen molar-refractivity contribution < 1.29 is 9.53 Å². The zero-order valence-corrected chi connectivity index (χ0v) is 12.3. The van der Waals surface area contributed by atoms with Crippen molar-refractivity contribution in [3.05, 3.63) is 47.5 Å². The van der Waals surface area contributed by atoms with Gasteiger partial charge in [-0.2, -0.15) is 0 Å². The van der Waals surface area contributed by atoms with Crippen LogP contribution >= 0.6 is 0 Å². The van der Waals surface area contributed by atoms with Gasteiger partial charge in [0, 0.05) is 0 Å². The smallest absolute Gasteiger partial charge is 0.313 e. The minimum absolute atomic E-state index is 0.000104. The summed E-state index contributed by atoms with van der Waals surface area (Å²) in [5, 5.41) is 0. The van der Waals surface area contributed by atoms with Crippen molar-refractivity contribution in [3.63, 3.8) is 0 Å². The van der Waals surface area contributed by atoms with E-state index in [2.05, 4.69) is 13.0 Å². The molecule has 0 N–H and O–H groups in total. The molecule has 1 atom stereocenters. The summed E-state index contributed by atoms with van der Waals surface area (Å²) in [4.78, 5) is 11.9. The lowest BCUT2D eigenvalue weighted by Gasteiger charge is -2.24. The molecule has 108 valence electrons. The van der Waals surface area contributed by atoms with Crippen LogP contribution in [0.5, 0.6) is 0 Å². The van der Waals surface area contributed by atoms with Crippen LogP contribution in [0, 0.1) is 5.92 Å². The normalized spacial score (nSPS) is 17.2. The fourth-order valence-electron chi connectivity index (χ4n) is 2.48. The maximum atomic E-state index is 11.9. The zero-order valence-electron chi connectivity index (χ0n) is 12.3. The molecule has 1 aliphatic rings. The summed E-state index contributed by atoms with van der Waals surface area (Å²) in [7, 11) is 0. The van der Waals surface area contributed by atoms with E-state index >= 15 is 0 Å². The molecule has 1 aliphatic carbocycles. The van der Waals surface area contributed by atoms with Gasteiger partial charge in [-0.1, -0.05) is 68.2 Å². The second kappa shape index (κ2) is 7.88. The Morgan fingerprint density at radius 3 is 2.65 bits per heavy atom. The Labute approximate surface area is 121 Å². The van der Waals surface area contributed by atoms with Gasteiger partial charge in [0.05, 0.1) is 5.92 Å². The minimum atomic E-state index is -0.0776. The maximum absolute atomic E-state index is 11.9. The Balaban J connectivity index is 1.64. The zero-order chi connectivity index (χ0) is 14.2. The van der Waals surface area contributed by atoms with E-state index in [1.165, 1.54) is 31.3 Å². The minimum Gasteiger partial charge on any atom is -0.460 e. The molecule has 0 amide bonds. The van der Waals surface area contributed by atoms with Crippen LogP contribution in [0.1, 0.15) is 51.0 Å². The number of carbonyl (C=O) groups excluding carboxylic acids is 1. The molecule has 0 radical (unpaired) electrons. The van der Waals surface area contributed by atoms with Crippen molar-refractivity contribution in [3.8, 4) is 0 Å². The molecule has 0 saturated heterocycles. The van der Waals surface area contributed by atoms with Crippen molar-refractivity contribution in [2.45, 2.75) is 52.1 Å². The number of esters is 1. The van der Waals surface area contributed by atoms with Crippen molar-refractivity contribution in [2.75, 3.05) is 0 Å². The van der Waals surface area contributed by atoms with Crippen molar-refractivity contribution in [1.82, 2.24) is 0 Å². The number of ether oxygens (including phenoxy) is 1. The van der Waals surface area contributed by atoms with Crippen LogP contribution in [0.25, 0.3) is 0 Å². The van der Waals surface area contributed by atoms with Gasteiger partial charge < -0.3 is 4.74 Å². The van der Waals surface area contributed by atoms with Crippen LogP contribution < -0.4 is 0 Å². The van der Waals surface area contributed by atoms with E-state index in [-0.39, 0.29) is 11.9 Å². The first-order chi connectivity index (χ1) is 9.79. The molecule has 0 aliphatic heterocycles. The lowest BCUT2D eigenvalue weighted by molar-refractivity contribution is -0.148. The number of unbranched alkanes of at least 4 members (excludes halogenated alkanes) is 3. The maximum Gasteiger partial charge on any atom is 0.313 e. The molecule has 0 aromatic heterocycles. The number of hydrogen-bond donors (Lipinski definition) is 0. The molecule has 0 heterocycles. The topological polar surface area (TPSA) is 26.3 Å². The number of allylic oxidation sites excluding steroid dienone is 1. The molecule has 2 heteroatoms. The Morgan fingerprint density at radius 1 is 1.20 bits per heavy atom. The number of carbonyl (C=O) groups is 1. The Kier molecular flexibility index (Phi) is 5.85. The summed E-state index contributed by atoms with van der Waals surface area (Å²) in [6.45, 7) is 2.61. The Morgan fingerprint density at radius 2 is 1.95 bits per heavy atom. The fourth-order valence-corrected chi connectivity index (χ4v) is 2.48.